The minimum absolute atomic E-state index is 0.217. The second-order valence-electron chi connectivity index (χ2n) is 3.82. The quantitative estimate of drug-likeness (QED) is 0.784. The van der Waals surface area contributed by atoms with Crippen LogP contribution < -0.4 is 4.74 Å². The number of hydrogen-bond donors (Lipinski definition) is 0. The highest BCUT2D eigenvalue weighted by Gasteiger charge is 2.42. The Balaban J connectivity index is 2.20. The lowest BCUT2D eigenvalue weighted by Gasteiger charge is -2.16. The summed E-state index contributed by atoms with van der Waals surface area (Å²) >= 11 is 0. The zero-order valence-electron chi connectivity index (χ0n) is 10.2. The topological polar surface area (TPSA) is 65.7 Å². The van der Waals surface area contributed by atoms with Gasteiger partial charge in [0, 0.05) is 0 Å². The van der Waals surface area contributed by atoms with Gasteiger partial charge >= 0.3 is 12.3 Å². The lowest BCUT2D eigenvalue weighted by molar-refractivity contribution is -0.148. The SMILES string of the molecule is Cc1c(OCC(F)(F)C(F)F)ncnc1-n1cncn1. The fourth-order valence-corrected chi connectivity index (χ4v) is 1.35. The minimum atomic E-state index is -4.25. The Morgan fingerprint density at radius 3 is 2.65 bits per heavy atom. The highest BCUT2D eigenvalue weighted by atomic mass is 19.3. The lowest BCUT2D eigenvalue weighted by atomic mass is 10.3. The van der Waals surface area contributed by atoms with Crippen LogP contribution >= 0.6 is 0 Å². The number of ether oxygens (including phenoxy) is 1. The molecule has 20 heavy (non-hydrogen) atoms. The smallest absolute Gasteiger partial charge is 0.340 e. The maximum Gasteiger partial charge on any atom is 0.340 e. The molecule has 108 valence electrons. The van der Waals surface area contributed by atoms with Gasteiger partial charge in [-0.15, -0.1) is 0 Å². The van der Waals surface area contributed by atoms with Crippen LogP contribution in [-0.4, -0.2) is 43.7 Å². The zero-order valence-corrected chi connectivity index (χ0v) is 10.2. The summed E-state index contributed by atoms with van der Waals surface area (Å²) in [5, 5.41) is 3.82. The number of aromatic nitrogens is 5. The van der Waals surface area contributed by atoms with Crippen LogP contribution in [0.5, 0.6) is 5.88 Å². The van der Waals surface area contributed by atoms with Crippen molar-refractivity contribution < 1.29 is 22.3 Å². The molecule has 0 amide bonds. The van der Waals surface area contributed by atoms with Crippen molar-refractivity contribution >= 4 is 0 Å². The Labute approximate surface area is 110 Å². The Hall–Kier alpha value is -2.26. The lowest BCUT2D eigenvalue weighted by Crippen LogP contribution is -2.34. The first kappa shape index (κ1) is 14.2. The number of alkyl halides is 4. The van der Waals surface area contributed by atoms with E-state index in [1.54, 1.807) is 0 Å². The third kappa shape index (κ3) is 2.83. The van der Waals surface area contributed by atoms with Gasteiger partial charge in [-0.2, -0.15) is 13.9 Å². The van der Waals surface area contributed by atoms with Crippen molar-refractivity contribution in [2.24, 2.45) is 0 Å². The molecule has 2 aromatic rings. The van der Waals surface area contributed by atoms with Crippen LogP contribution in [0.15, 0.2) is 19.0 Å². The molecule has 0 unspecified atom stereocenters. The molecule has 6 nitrogen and oxygen atoms in total. The van der Waals surface area contributed by atoms with E-state index in [0.717, 1.165) is 6.33 Å². The summed E-state index contributed by atoms with van der Waals surface area (Å²) in [4.78, 5) is 11.2. The third-order valence-corrected chi connectivity index (χ3v) is 2.37. The number of hydrogen-bond acceptors (Lipinski definition) is 5. The predicted molar refractivity (Wildman–Crippen MR) is 58.1 cm³/mol. The van der Waals surface area contributed by atoms with E-state index >= 15 is 0 Å². The van der Waals surface area contributed by atoms with Crippen molar-refractivity contribution in [3.63, 3.8) is 0 Å². The maximum atomic E-state index is 12.8. The van der Waals surface area contributed by atoms with Crippen molar-refractivity contribution in [2.45, 2.75) is 19.3 Å². The molecular formula is C10H9F4N5O. The fraction of sp³-hybridized carbons (Fsp3) is 0.400. The van der Waals surface area contributed by atoms with Gasteiger partial charge in [-0.05, 0) is 6.92 Å². The van der Waals surface area contributed by atoms with Gasteiger partial charge in [-0.1, -0.05) is 0 Å². The molecule has 0 saturated carbocycles. The molecule has 2 rings (SSSR count). The molecule has 0 aliphatic carbocycles. The van der Waals surface area contributed by atoms with Crippen LogP contribution in [-0.2, 0) is 0 Å². The van der Waals surface area contributed by atoms with Crippen LogP contribution in [0.2, 0.25) is 0 Å². The molecule has 0 aliphatic rings. The average molecular weight is 291 g/mol. The summed E-state index contributed by atoms with van der Waals surface area (Å²) in [5.41, 5.74) is 0.281. The van der Waals surface area contributed by atoms with Gasteiger partial charge in [0.25, 0.3) is 0 Å². The van der Waals surface area contributed by atoms with Gasteiger partial charge in [0.15, 0.2) is 12.4 Å². The fourth-order valence-electron chi connectivity index (χ4n) is 1.35. The summed E-state index contributed by atoms with van der Waals surface area (Å²) in [7, 11) is 0. The summed E-state index contributed by atoms with van der Waals surface area (Å²) in [5.74, 6) is -4.20. The van der Waals surface area contributed by atoms with E-state index in [4.69, 9.17) is 0 Å². The van der Waals surface area contributed by atoms with Crippen LogP contribution in [0.25, 0.3) is 5.82 Å². The van der Waals surface area contributed by atoms with Crippen molar-refractivity contribution in [3.05, 3.63) is 24.5 Å². The van der Waals surface area contributed by atoms with Crippen LogP contribution in [0.1, 0.15) is 5.56 Å². The molecule has 0 saturated heterocycles. The zero-order chi connectivity index (χ0) is 14.8. The van der Waals surface area contributed by atoms with Gasteiger partial charge in [0.1, 0.15) is 19.0 Å². The second kappa shape index (κ2) is 5.39. The molecule has 0 fully saturated rings. The Morgan fingerprint density at radius 2 is 2.05 bits per heavy atom. The van der Waals surface area contributed by atoms with E-state index in [0.29, 0.717) is 0 Å². The molecule has 0 aromatic carbocycles. The molecule has 0 bridgehead atoms. The van der Waals surface area contributed by atoms with Gasteiger partial charge < -0.3 is 4.74 Å². The Morgan fingerprint density at radius 1 is 1.30 bits per heavy atom. The second-order valence-corrected chi connectivity index (χ2v) is 3.82. The summed E-state index contributed by atoms with van der Waals surface area (Å²) < 4.78 is 55.6. The Bertz CT molecular complexity index is 575. The Kier molecular flexibility index (Phi) is 3.81. The van der Waals surface area contributed by atoms with Crippen molar-refractivity contribution in [2.75, 3.05) is 6.61 Å². The summed E-state index contributed by atoms with van der Waals surface area (Å²) in [6, 6.07) is 0. The first-order valence-electron chi connectivity index (χ1n) is 5.37. The number of nitrogens with zero attached hydrogens (tertiary/aromatic N) is 5. The van der Waals surface area contributed by atoms with Crippen LogP contribution in [0, 0.1) is 6.92 Å². The minimum Gasteiger partial charge on any atom is -0.471 e. The summed E-state index contributed by atoms with van der Waals surface area (Å²) in [6.07, 6.45) is -0.154. The first-order chi connectivity index (χ1) is 9.42. The van der Waals surface area contributed by atoms with E-state index in [1.807, 2.05) is 0 Å². The molecule has 0 N–H and O–H groups in total. The van der Waals surface area contributed by atoms with Gasteiger partial charge in [-0.25, -0.2) is 28.4 Å². The van der Waals surface area contributed by atoms with Gasteiger partial charge in [0.2, 0.25) is 5.88 Å². The third-order valence-electron chi connectivity index (χ3n) is 2.37. The molecule has 2 heterocycles. The van der Waals surface area contributed by atoms with Crippen molar-refractivity contribution in [1.29, 1.82) is 0 Å². The van der Waals surface area contributed by atoms with Crippen LogP contribution in [0.3, 0.4) is 0 Å². The highest BCUT2D eigenvalue weighted by molar-refractivity contribution is 5.37. The molecule has 2 aromatic heterocycles. The van der Waals surface area contributed by atoms with Crippen molar-refractivity contribution in [3.8, 4) is 11.7 Å². The largest absolute Gasteiger partial charge is 0.471 e. The van der Waals surface area contributed by atoms with Gasteiger partial charge in [-0.3, -0.25) is 0 Å². The highest BCUT2D eigenvalue weighted by Crippen LogP contribution is 2.25. The molecular weight excluding hydrogens is 282 g/mol. The molecule has 0 radical (unpaired) electrons. The normalized spacial score (nSPS) is 11.9. The van der Waals surface area contributed by atoms with Gasteiger partial charge in [0.05, 0.1) is 5.56 Å². The maximum absolute atomic E-state index is 12.8. The van der Waals surface area contributed by atoms with E-state index in [2.05, 4.69) is 24.8 Å². The van der Waals surface area contributed by atoms with Crippen molar-refractivity contribution in [1.82, 2.24) is 24.7 Å². The molecule has 10 heteroatoms. The number of halogens is 4. The van der Waals surface area contributed by atoms with E-state index in [-0.39, 0.29) is 17.3 Å². The average Bonchev–Trinajstić information content (AvgIpc) is 2.91. The van der Waals surface area contributed by atoms with Crippen LogP contribution in [0.4, 0.5) is 17.6 Å². The predicted octanol–water partition coefficient (Wildman–Crippen LogP) is 1.64. The first-order valence-corrected chi connectivity index (χ1v) is 5.37. The van der Waals surface area contributed by atoms with E-state index in [1.165, 1.54) is 24.3 Å². The van der Waals surface area contributed by atoms with E-state index in [9.17, 15) is 17.6 Å². The van der Waals surface area contributed by atoms with E-state index < -0.39 is 19.0 Å². The summed E-state index contributed by atoms with van der Waals surface area (Å²) in [6.45, 7) is 0.0200. The number of rotatable bonds is 5. The molecule has 0 atom stereocenters. The molecule has 0 spiro atoms. The standard InChI is InChI=1S/C10H9F4N5O/c1-6-7(19-5-15-3-18-19)16-4-17-8(6)20-2-10(13,14)9(11)12/h3-5,9H,2H2,1H3. The monoisotopic (exact) mass is 291 g/mol. The molecule has 0 aliphatic heterocycles.